The molecule has 0 atom stereocenters. The number of benzene rings is 3. The summed E-state index contributed by atoms with van der Waals surface area (Å²) in [7, 11) is 0. The van der Waals surface area contributed by atoms with E-state index in [4.69, 9.17) is 8.83 Å². The van der Waals surface area contributed by atoms with Crippen molar-refractivity contribution in [3.8, 4) is 11.5 Å². The molecule has 0 spiro atoms. The van der Waals surface area contributed by atoms with Gasteiger partial charge in [0.05, 0.1) is 0 Å². The molecule has 0 unspecified atom stereocenters. The van der Waals surface area contributed by atoms with Gasteiger partial charge in [-0.15, -0.1) is 0 Å². The predicted octanol–water partition coefficient (Wildman–Crippen LogP) is 5.59. The van der Waals surface area contributed by atoms with Crippen LogP contribution in [0.3, 0.4) is 0 Å². The number of fused-ring (bicyclic) bond motifs is 3. The second-order valence-electron chi connectivity index (χ2n) is 6.78. The number of hydrogen-bond donors (Lipinski definition) is 0. The first-order valence-electron chi connectivity index (χ1n) is 9.13. The maximum absolute atomic E-state index is 13.1. The van der Waals surface area contributed by atoms with Crippen LogP contribution in [0.15, 0.2) is 75.6 Å². The Labute approximate surface area is 165 Å². The highest BCUT2D eigenvalue weighted by molar-refractivity contribution is 6.14. The summed E-state index contributed by atoms with van der Waals surface area (Å²) in [4.78, 5) is 29.0. The number of oxazole rings is 1. The Morgan fingerprint density at radius 2 is 1.66 bits per heavy atom. The molecule has 0 fully saturated rings. The Morgan fingerprint density at radius 1 is 0.931 bits per heavy atom. The van der Waals surface area contributed by atoms with E-state index >= 15 is 0 Å². The van der Waals surface area contributed by atoms with Gasteiger partial charge in [-0.25, -0.2) is 4.98 Å². The molecule has 0 aliphatic carbocycles. The number of aryl methyl sites for hydroxylation is 1. The fraction of sp³-hybridized carbons (Fsp3) is 0.0417. The number of nitrogens with zero attached hydrogens (tertiary/aromatic N) is 1. The molecule has 5 nitrogen and oxygen atoms in total. The zero-order valence-corrected chi connectivity index (χ0v) is 15.5. The zero-order chi connectivity index (χ0) is 20.0. The topological polar surface area (TPSA) is 73.3 Å². The lowest BCUT2D eigenvalue weighted by atomic mass is 10.0. The summed E-state index contributed by atoms with van der Waals surface area (Å²) in [5.41, 5.74) is 2.12. The molecule has 0 amide bonds. The van der Waals surface area contributed by atoms with Crippen LogP contribution in [0.2, 0.25) is 0 Å². The van der Waals surface area contributed by atoms with Crippen LogP contribution in [0.1, 0.15) is 32.4 Å². The molecular weight excluding hydrogens is 366 g/mol. The third-order valence-corrected chi connectivity index (χ3v) is 4.94. The van der Waals surface area contributed by atoms with Crippen molar-refractivity contribution in [2.45, 2.75) is 6.92 Å². The number of carbonyl (C=O) groups is 2. The Morgan fingerprint density at radius 3 is 2.41 bits per heavy atom. The largest absolute Gasteiger partial charge is 0.452 e. The standard InChI is InChI=1S/C24H15NO4/c1-14-21(25-24(28-14)15-7-3-2-4-8-15)22(27)20-12-16-11-17(13-26)18-9-5-6-10-19(18)23(16)29-20/h2-13H,1H3. The highest BCUT2D eigenvalue weighted by Crippen LogP contribution is 2.32. The molecule has 0 aliphatic heterocycles. The Balaban J connectivity index is 1.63. The smallest absolute Gasteiger partial charge is 0.250 e. The highest BCUT2D eigenvalue weighted by Gasteiger charge is 2.23. The van der Waals surface area contributed by atoms with Crippen molar-refractivity contribution >= 4 is 33.8 Å². The summed E-state index contributed by atoms with van der Waals surface area (Å²) in [6.45, 7) is 1.70. The van der Waals surface area contributed by atoms with Crippen LogP contribution in [0, 0.1) is 6.92 Å². The molecule has 0 radical (unpaired) electrons. The maximum Gasteiger partial charge on any atom is 0.250 e. The molecule has 0 saturated heterocycles. The number of rotatable bonds is 4. The van der Waals surface area contributed by atoms with E-state index in [1.54, 1.807) is 19.1 Å². The molecule has 3 aromatic carbocycles. The van der Waals surface area contributed by atoms with Crippen molar-refractivity contribution in [2.75, 3.05) is 0 Å². The molecular formula is C24H15NO4. The minimum atomic E-state index is -0.360. The van der Waals surface area contributed by atoms with Crippen LogP contribution in [0.5, 0.6) is 0 Å². The lowest BCUT2D eigenvalue weighted by Gasteiger charge is -2.01. The van der Waals surface area contributed by atoms with Crippen LogP contribution in [-0.4, -0.2) is 17.1 Å². The molecule has 5 aromatic rings. The lowest BCUT2D eigenvalue weighted by molar-refractivity contribution is 0.100. The zero-order valence-electron chi connectivity index (χ0n) is 15.5. The van der Waals surface area contributed by atoms with E-state index in [0.29, 0.717) is 28.2 Å². The van der Waals surface area contributed by atoms with Gasteiger partial charge in [0, 0.05) is 21.9 Å². The fourth-order valence-corrected chi connectivity index (χ4v) is 3.54. The van der Waals surface area contributed by atoms with E-state index in [1.165, 1.54) is 0 Å². The highest BCUT2D eigenvalue weighted by atomic mass is 16.4. The van der Waals surface area contributed by atoms with Gasteiger partial charge in [-0.3, -0.25) is 9.59 Å². The van der Waals surface area contributed by atoms with Crippen LogP contribution >= 0.6 is 0 Å². The molecule has 5 rings (SSSR count). The van der Waals surface area contributed by atoms with Gasteiger partial charge in [0.1, 0.15) is 11.3 Å². The van der Waals surface area contributed by atoms with E-state index in [9.17, 15) is 9.59 Å². The Bertz CT molecular complexity index is 1390. The van der Waals surface area contributed by atoms with Crippen LogP contribution in [-0.2, 0) is 0 Å². The normalized spacial score (nSPS) is 11.2. The van der Waals surface area contributed by atoms with Gasteiger partial charge in [-0.05, 0) is 36.6 Å². The van der Waals surface area contributed by atoms with Crippen molar-refractivity contribution < 1.29 is 18.4 Å². The number of aromatic nitrogens is 1. The summed E-state index contributed by atoms with van der Waals surface area (Å²) >= 11 is 0. The van der Waals surface area contributed by atoms with Crippen molar-refractivity contribution in [3.63, 3.8) is 0 Å². The summed E-state index contributed by atoms with van der Waals surface area (Å²) in [5, 5.41) is 2.26. The monoisotopic (exact) mass is 381 g/mol. The number of carbonyl (C=O) groups excluding carboxylic acids is 2. The predicted molar refractivity (Wildman–Crippen MR) is 109 cm³/mol. The molecule has 29 heavy (non-hydrogen) atoms. The van der Waals surface area contributed by atoms with E-state index in [2.05, 4.69) is 4.98 Å². The summed E-state index contributed by atoms with van der Waals surface area (Å²) in [6.07, 6.45) is 0.810. The minimum Gasteiger partial charge on any atom is -0.452 e. The first-order chi connectivity index (χ1) is 14.2. The third-order valence-electron chi connectivity index (χ3n) is 4.94. The molecule has 0 bridgehead atoms. The molecule has 0 saturated carbocycles. The Kier molecular flexibility index (Phi) is 3.88. The van der Waals surface area contributed by atoms with E-state index in [1.807, 2.05) is 54.6 Å². The second kappa shape index (κ2) is 6.56. The van der Waals surface area contributed by atoms with Crippen molar-refractivity contribution in [1.29, 1.82) is 0 Å². The third kappa shape index (κ3) is 2.75. The number of aldehydes is 1. The van der Waals surface area contributed by atoms with Crippen LogP contribution < -0.4 is 0 Å². The lowest BCUT2D eigenvalue weighted by Crippen LogP contribution is -2.02. The molecule has 140 valence electrons. The average Bonchev–Trinajstić information content (AvgIpc) is 3.37. The number of furan rings is 1. The second-order valence-corrected chi connectivity index (χ2v) is 6.78. The van der Waals surface area contributed by atoms with Gasteiger partial charge < -0.3 is 8.83 Å². The number of hydrogen-bond acceptors (Lipinski definition) is 5. The van der Waals surface area contributed by atoms with Gasteiger partial charge in [0.2, 0.25) is 11.7 Å². The molecule has 2 heterocycles. The van der Waals surface area contributed by atoms with Crippen molar-refractivity contribution in [3.05, 3.63) is 89.5 Å². The summed E-state index contributed by atoms with van der Waals surface area (Å²) < 4.78 is 11.6. The summed E-state index contributed by atoms with van der Waals surface area (Å²) in [5.74, 6) is 0.606. The summed E-state index contributed by atoms with van der Waals surface area (Å²) in [6, 6.07) is 20.2. The van der Waals surface area contributed by atoms with Crippen molar-refractivity contribution in [1.82, 2.24) is 4.98 Å². The first kappa shape index (κ1) is 17.1. The molecule has 5 heteroatoms. The quantitative estimate of drug-likeness (QED) is 0.300. The van der Waals surface area contributed by atoms with E-state index < -0.39 is 0 Å². The molecule has 0 aliphatic rings. The Hall–Kier alpha value is -3.99. The number of ketones is 1. The van der Waals surface area contributed by atoms with Crippen LogP contribution in [0.25, 0.3) is 33.2 Å². The molecule has 2 aromatic heterocycles. The van der Waals surface area contributed by atoms with E-state index in [-0.39, 0.29) is 17.2 Å². The maximum atomic E-state index is 13.1. The first-order valence-corrected chi connectivity index (χ1v) is 9.13. The fourth-order valence-electron chi connectivity index (χ4n) is 3.54. The average molecular weight is 381 g/mol. The van der Waals surface area contributed by atoms with Gasteiger partial charge in [0.25, 0.3) is 0 Å². The van der Waals surface area contributed by atoms with Crippen LogP contribution in [0.4, 0.5) is 0 Å². The molecule has 0 N–H and O–H groups in total. The van der Waals surface area contributed by atoms with Crippen molar-refractivity contribution in [2.24, 2.45) is 0 Å². The minimum absolute atomic E-state index is 0.157. The van der Waals surface area contributed by atoms with E-state index in [0.717, 1.165) is 22.6 Å². The van der Waals surface area contributed by atoms with Gasteiger partial charge >= 0.3 is 0 Å². The SMILES string of the molecule is Cc1oc(-c2ccccc2)nc1C(=O)c1cc2cc(C=O)c3ccccc3c2o1. The van der Waals surface area contributed by atoms with Gasteiger partial charge in [-0.2, -0.15) is 0 Å². The van der Waals surface area contributed by atoms with Gasteiger partial charge in [0.15, 0.2) is 17.7 Å². The van der Waals surface area contributed by atoms with Gasteiger partial charge in [-0.1, -0.05) is 42.5 Å².